The molecule has 0 aliphatic heterocycles. The first-order chi connectivity index (χ1) is 10.8. The lowest BCUT2D eigenvalue weighted by Crippen LogP contribution is -2.06. The number of aliphatic carboxylic acids is 1. The van der Waals surface area contributed by atoms with Gasteiger partial charge in [-0.05, 0) is 36.1 Å². The summed E-state index contributed by atoms with van der Waals surface area (Å²) in [4.78, 5) is 10.7. The van der Waals surface area contributed by atoms with Gasteiger partial charge in [-0.2, -0.15) is 0 Å². The quantitative estimate of drug-likeness (QED) is 0.792. The van der Waals surface area contributed by atoms with E-state index in [2.05, 4.69) is 0 Å². The maximum Gasteiger partial charge on any atom is 0.303 e. The van der Waals surface area contributed by atoms with Crippen LogP contribution in [0.25, 0.3) is 11.1 Å². The van der Waals surface area contributed by atoms with Crippen molar-refractivity contribution in [1.82, 2.24) is 0 Å². The monoisotopic (exact) mass is 333 g/mol. The van der Waals surface area contributed by atoms with Crippen LogP contribution in [0.3, 0.4) is 0 Å². The zero-order chi connectivity index (χ0) is 17.0. The number of sulfone groups is 1. The van der Waals surface area contributed by atoms with Gasteiger partial charge in [-0.25, -0.2) is 8.42 Å². The molecule has 122 valence electrons. The topological polar surface area (TPSA) is 97.5 Å². The molecule has 0 atom stereocenters. The van der Waals surface area contributed by atoms with Gasteiger partial charge in [0.1, 0.15) is 0 Å². The third-order valence-electron chi connectivity index (χ3n) is 3.54. The van der Waals surface area contributed by atoms with Gasteiger partial charge >= 0.3 is 5.97 Å². The third-order valence-corrected chi connectivity index (χ3v) is 4.68. The van der Waals surface area contributed by atoms with E-state index in [0.29, 0.717) is 18.4 Å². The second kappa shape index (κ2) is 6.83. The summed E-state index contributed by atoms with van der Waals surface area (Å²) in [7, 11) is -3.47. The minimum atomic E-state index is -3.47. The van der Waals surface area contributed by atoms with Crippen LogP contribution in [0.15, 0.2) is 47.4 Å². The number of benzene rings is 2. The van der Waals surface area contributed by atoms with Crippen molar-refractivity contribution in [2.75, 3.05) is 12.0 Å². The van der Waals surface area contributed by atoms with Gasteiger partial charge < -0.3 is 10.8 Å². The van der Waals surface area contributed by atoms with E-state index in [1.54, 1.807) is 6.07 Å². The predicted octanol–water partition coefficient (Wildman–Crippen LogP) is 2.75. The summed E-state index contributed by atoms with van der Waals surface area (Å²) in [5, 5.41) is 8.74. The molecule has 0 unspecified atom stereocenters. The van der Waals surface area contributed by atoms with Gasteiger partial charge in [0, 0.05) is 18.2 Å². The maximum atomic E-state index is 12.0. The van der Waals surface area contributed by atoms with E-state index in [4.69, 9.17) is 10.8 Å². The van der Waals surface area contributed by atoms with Gasteiger partial charge in [0.2, 0.25) is 0 Å². The van der Waals surface area contributed by atoms with E-state index in [1.165, 1.54) is 0 Å². The van der Waals surface area contributed by atoms with Gasteiger partial charge in [0.05, 0.1) is 10.6 Å². The molecular formula is C17H19NO4S. The van der Waals surface area contributed by atoms with Crippen LogP contribution in [0.1, 0.15) is 18.4 Å². The molecule has 0 bridgehead atoms. The number of carboxylic acid groups (broad SMARTS) is 1. The molecule has 2 aromatic rings. The Balaban J connectivity index is 2.50. The summed E-state index contributed by atoms with van der Waals surface area (Å²) in [6.45, 7) is 0. The van der Waals surface area contributed by atoms with Crippen molar-refractivity contribution in [3.63, 3.8) is 0 Å². The molecule has 0 fully saturated rings. The summed E-state index contributed by atoms with van der Waals surface area (Å²) in [6, 6.07) is 12.7. The molecule has 0 aromatic heterocycles. The fourth-order valence-corrected chi connectivity index (χ4v) is 3.31. The minimum absolute atomic E-state index is 0.0409. The van der Waals surface area contributed by atoms with Gasteiger partial charge in [-0.1, -0.05) is 30.3 Å². The molecule has 2 aromatic carbocycles. The van der Waals surface area contributed by atoms with E-state index in [9.17, 15) is 13.2 Å². The van der Waals surface area contributed by atoms with Gasteiger partial charge in [0.25, 0.3) is 0 Å². The Kier molecular flexibility index (Phi) is 5.05. The molecule has 23 heavy (non-hydrogen) atoms. The first kappa shape index (κ1) is 17.0. The van der Waals surface area contributed by atoms with Crippen LogP contribution in [-0.2, 0) is 21.1 Å². The molecule has 5 nitrogen and oxygen atoms in total. The van der Waals surface area contributed by atoms with E-state index < -0.39 is 15.8 Å². The smallest absolute Gasteiger partial charge is 0.303 e. The van der Waals surface area contributed by atoms with E-state index in [1.807, 2.05) is 36.4 Å². The van der Waals surface area contributed by atoms with Crippen molar-refractivity contribution in [1.29, 1.82) is 0 Å². The van der Waals surface area contributed by atoms with Crippen LogP contribution in [0.2, 0.25) is 0 Å². The molecule has 3 N–H and O–H groups in total. The molecular weight excluding hydrogens is 314 g/mol. The van der Waals surface area contributed by atoms with E-state index in [0.717, 1.165) is 17.4 Å². The Morgan fingerprint density at radius 2 is 1.83 bits per heavy atom. The predicted molar refractivity (Wildman–Crippen MR) is 90.0 cm³/mol. The lowest BCUT2D eigenvalue weighted by molar-refractivity contribution is -0.137. The Morgan fingerprint density at radius 1 is 1.17 bits per heavy atom. The second-order valence-corrected chi connectivity index (χ2v) is 7.42. The van der Waals surface area contributed by atoms with Crippen molar-refractivity contribution in [2.24, 2.45) is 0 Å². The molecule has 0 saturated heterocycles. The average Bonchev–Trinajstić information content (AvgIpc) is 2.48. The Bertz CT molecular complexity index is 814. The van der Waals surface area contributed by atoms with Crippen LogP contribution in [-0.4, -0.2) is 25.7 Å². The molecule has 0 aliphatic carbocycles. The van der Waals surface area contributed by atoms with Crippen molar-refractivity contribution in [3.05, 3.63) is 48.0 Å². The first-order valence-corrected chi connectivity index (χ1v) is 9.08. The summed E-state index contributed by atoms with van der Waals surface area (Å²) < 4.78 is 24.0. The van der Waals surface area contributed by atoms with Crippen LogP contribution < -0.4 is 5.73 Å². The van der Waals surface area contributed by atoms with Crippen LogP contribution in [0, 0.1) is 0 Å². The summed E-state index contributed by atoms with van der Waals surface area (Å²) in [6.07, 6.45) is 2.08. The van der Waals surface area contributed by atoms with Crippen molar-refractivity contribution in [3.8, 4) is 11.1 Å². The number of anilines is 1. The summed E-state index contributed by atoms with van der Waals surface area (Å²) in [5.41, 5.74) is 8.54. The number of aryl methyl sites for hydroxylation is 1. The Morgan fingerprint density at radius 3 is 2.39 bits per heavy atom. The zero-order valence-corrected chi connectivity index (χ0v) is 13.6. The highest BCUT2D eigenvalue weighted by Gasteiger charge is 2.17. The molecule has 6 heteroatoms. The number of carboxylic acids is 1. The van der Waals surface area contributed by atoms with Crippen LogP contribution in [0.4, 0.5) is 5.69 Å². The fraction of sp³-hybridized carbons (Fsp3) is 0.235. The van der Waals surface area contributed by atoms with E-state index >= 15 is 0 Å². The number of rotatable bonds is 6. The highest BCUT2D eigenvalue weighted by atomic mass is 32.2. The van der Waals surface area contributed by atoms with Gasteiger partial charge in [-0.3, -0.25) is 4.79 Å². The largest absolute Gasteiger partial charge is 0.481 e. The number of nitrogen functional groups attached to an aromatic ring is 1. The number of hydrogen-bond acceptors (Lipinski definition) is 4. The Labute approximate surface area is 135 Å². The molecule has 0 amide bonds. The molecule has 0 aliphatic rings. The lowest BCUT2D eigenvalue weighted by Gasteiger charge is -2.13. The standard InChI is InChI=1S/C17H19NO4S/c1-23(21,22)15-11-12(6-5-9-16(19)20)10-14(17(15)18)13-7-3-2-4-8-13/h2-4,7-8,10-11H,5-6,9,18H2,1H3,(H,19,20). The number of carbonyl (C=O) groups is 1. The average molecular weight is 333 g/mol. The fourth-order valence-electron chi connectivity index (χ4n) is 2.44. The van der Waals surface area contributed by atoms with Crippen molar-refractivity contribution >= 4 is 21.5 Å². The third kappa shape index (κ3) is 4.32. The van der Waals surface area contributed by atoms with E-state index in [-0.39, 0.29) is 17.0 Å². The second-order valence-electron chi connectivity index (χ2n) is 5.44. The van der Waals surface area contributed by atoms with Crippen LogP contribution >= 0.6 is 0 Å². The minimum Gasteiger partial charge on any atom is -0.481 e. The normalized spacial score (nSPS) is 11.3. The van der Waals surface area contributed by atoms with Gasteiger partial charge in [0.15, 0.2) is 9.84 Å². The molecule has 0 saturated carbocycles. The highest BCUT2D eigenvalue weighted by molar-refractivity contribution is 7.90. The number of nitrogens with two attached hydrogens (primary N) is 1. The molecule has 0 radical (unpaired) electrons. The van der Waals surface area contributed by atoms with Gasteiger partial charge in [-0.15, -0.1) is 0 Å². The molecule has 2 rings (SSSR count). The van der Waals surface area contributed by atoms with Crippen molar-refractivity contribution < 1.29 is 18.3 Å². The zero-order valence-electron chi connectivity index (χ0n) is 12.8. The summed E-state index contributed by atoms with van der Waals surface area (Å²) >= 11 is 0. The summed E-state index contributed by atoms with van der Waals surface area (Å²) in [5.74, 6) is -0.868. The molecule has 0 heterocycles. The SMILES string of the molecule is CS(=O)(=O)c1cc(CCCC(=O)O)cc(-c2ccccc2)c1N. The number of hydrogen-bond donors (Lipinski definition) is 2. The lowest BCUT2D eigenvalue weighted by atomic mass is 9.98. The van der Waals surface area contributed by atoms with Crippen molar-refractivity contribution in [2.45, 2.75) is 24.2 Å². The highest BCUT2D eigenvalue weighted by Crippen LogP contribution is 2.33. The first-order valence-electron chi connectivity index (χ1n) is 7.18. The van der Waals surface area contributed by atoms with Crippen LogP contribution in [0.5, 0.6) is 0 Å². The molecule has 0 spiro atoms. The maximum absolute atomic E-state index is 12.0. The Hall–Kier alpha value is -2.34.